The van der Waals surface area contributed by atoms with E-state index >= 15 is 0 Å². The van der Waals surface area contributed by atoms with Crippen LogP contribution in [0.2, 0.25) is 0 Å². The Morgan fingerprint density at radius 3 is 2.81 bits per heavy atom. The van der Waals surface area contributed by atoms with Crippen molar-refractivity contribution in [2.75, 3.05) is 7.11 Å². The van der Waals surface area contributed by atoms with Crippen molar-refractivity contribution in [1.29, 1.82) is 0 Å². The smallest absolute Gasteiger partial charge is 0.137 e. The second-order valence-electron chi connectivity index (χ2n) is 5.95. The van der Waals surface area contributed by atoms with Gasteiger partial charge >= 0.3 is 0 Å². The van der Waals surface area contributed by atoms with Crippen LogP contribution in [0.1, 0.15) is 0 Å². The van der Waals surface area contributed by atoms with Gasteiger partial charge in [-0.05, 0) is 24.3 Å². The van der Waals surface area contributed by atoms with Crippen LogP contribution in [0.3, 0.4) is 0 Å². The number of hydrogen-bond acceptors (Lipinski definition) is 5. The number of rotatable bonds is 3. The molecule has 5 rings (SSSR count). The summed E-state index contributed by atoms with van der Waals surface area (Å²) in [5, 5.41) is 9.55. The zero-order valence-electron chi connectivity index (χ0n) is 13.9. The minimum Gasteiger partial charge on any atom is -0.495 e. The van der Waals surface area contributed by atoms with Crippen LogP contribution in [0.5, 0.6) is 5.75 Å². The summed E-state index contributed by atoms with van der Waals surface area (Å²) in [4.78, 5) is 16.3. The second kappa shape index (κ2) is 5.66. The van der Waals surface area contributed by atoms with Gasteiger partial charge in [-0.1, -0.05) is 0 Å². The number of hydrogen-bond donors (Lipinski definition) is 2. The molecule has 0 bridgehead atoms. The van der Waals surface area contributed by atoms with E-state index in [4.69, 9.17) is 4.74 Å². The summed E-state index contributed by atoms with van der Waals surface area (Å²) in [7, 11) is 1.62. The number of ether oxygens (including phenoxy) is 1. The van der Waals surface area contributed by atoms with E-state index < -0.39 is 0 Å². The highest BCUT2D eigenvalue weighted by atomic mass is 16.5. The van der Waals surface area contributed by atoms with Gasteiger partial charge in [0.1, 0.15) is 11.4 Å². The lowest BCUT2D eigenvalue weighted by Crippen LogP contribution is -1.88. The number of nitrogens with one attached hydrogen (secondary N) is 2. The molecule has 0 spiro atoms. The molecule has 0 aliphatic carbocycles. The fourth-order valence-corrected chi connectivity index (χ4v) is 3.05. The summed E-state index contributed by atoms with van der Waals surface area (Å²) in [6, 6.07) is 7.91. The largest absolute Gasteiger partial charge is 0.495 e. The summed E-state index contributed by atoms with van der Waals surface area (Å²) >= 11 is 0. The highest BCUT2D eigenvalue weighted by Crippen LogP contribution is 2.30. The molecule has 0 aliphatic heterocycles. The third-order valence-corrected chi connectivity index (χ3v) is 4.37. The van der Waals surface area contributed by atoms with Gasteiger partial charge in [0.25, 0.3) is 0 Å². The molecule has 0 atom stereocenters. The van der Waals surface area contributed by atoms with Crippen molar-refractivity contribution >= 4 is 21.8 Å². The van der Waals surface area contributed by atoms with Gasteiger partial charge in [-0.15, -0.1) is 0 Å². The normalized spacial score (nSPS) is 11.3. The molecule has 0 radical (unpaired) electrons. The molecule has 5 heterocycles. The van der Waals surface area contributed by atoms with E-state index in [1.54, 1.807) is 31.9 Å². The van der Waals surface area contributed by atoms with Crippen LogP contribution in [0.25, 0.3) is 44.5 Å². The van der Waals surface area contributed by atoms with Gasteiger partial charge in [-0.25, -0.2) is 0 Å². The van der Waals surface area contributed by atoms with Crippen LogP contribution < -0.4 is 4.74 Å². The van der Waals surface area contributed by atoms with Gasteiger partial charge in [0, 0.05) is 40.4 Å². The van der Waals surface area contributed by atoms with Crippen LogP contribution >= 0.6 is 0 Å². The molecular formula is C19H14N6O. The van der Waals surface area contributed by atoms with E-state index in [0.29, 0.717) is 5.75 Å². The molecule has 5 aromatic rings. The summed E-state index contributed by atoms with van der Waals surface area (Å²) in [6.45, 7) is 0. The average molecular weight is 342 g/mol. The topological polar surface area (TPSA) is 92.4 Å². The van der Waals surface area contributed by atoms with Crippen molar-refractivity contribution in [3.63, 3.8) is 0 Å². The van der Waals surface area contributed by atoms with Gasteiger partial charge < -0.3 is 9.72 Å². The molecule has 126 valence electrons. The summed E-state index contributed by atoms with van der Waals surface area (Å²) in [5.41, 5.74) is 5.37. The zero-order valence-corrected chi connectivity index (χ0v) is 13.9. The van der Waals surface area contributed by atoms with Crippen LogP contribution in [-0.4, -0.2) is 37.2 Å². The van der Waals surface area contributed by atoms with Crippen LogP contribution in [-0.2, 0) is 0 Å². The van der Waals surface area contributed by atoms with E-state index in [0.717, 1.165) is 44.5 Å². The third kappa shape index (κ3) is 2.29. The number of pyridine rings is 3. The first-order chi connectivity index (χ1) is 12.8. The molecule has 26 heavy (non-hydrogen) atoms. The average Bonchev–Trinajstić information content (AvgIpc) is 3.31. The monoisotopic (exact) mass is 342 g/mol. The molecule has 7 nitrogen and oxygen atoms in total. The van der Waals surface area contributed by atoms with Crippen molar-refractivity contribution < 1.29 is 4.74 Å². The first-order valence-corrected chi connectivity index (χ1v) is 8.08. The molecule has 2 N–H and O–H groups in total. The summed E-state index contributed by atoms with van der Waals surface area (Å²) in [5.74, 6) is 0.694. The second-order valence-corrected chi connectivity index (χ2v) is 5.95. The van der Waals surface area contributed by atoms with Crippen molar-refractivity contribution in [3.8, 4) is 28.4 Å². The molecule has 0 saturated heterocycles. The zero-order chi connectivity index (χ0) is 17.5. The predicted molar refractivity (Wildman–Crippen MR) is 98.8 cm³/mol. The quantitative estimate of drug-likeness (QED) is 0.523. The van der Waals surface area contributed by atoms with E-state index in [1.165, 1.54) is 0 Å². The maximum absolute atomic E-state index is 5.26. The molecule has 7 heteroatoms. The van der Waals surface area contributed by atoms with E-state index in [2.05, 4.69) is 30.1 Å². The fourth-order valence-electron chi connectivity index (χ4n) is 3.05. The molecule has 0 aromatic carbocycles. The van der Waals surface area contributed by atoms with Gasteiger partial charge in [-0.3, -0.25) is 20.1 Å². The minimum atomic E-state index is 0.694. The molecule has 0 amide bonds. The highest BCUT2D eigenvalue weighted by molar-refractivity contribution is 5.96. The number of fused-ring (bicyclic) bond motifs is 2. The van der Waals surface area contributed by atoms with Crippen LogP contribution in [0.15, 0.2) is 55.2 Å². The Kier molecular flexibility index (Phi) is 3.18. The lowest BCUT2D eigenvalue weighted by Gasteiger charge is -2.04. The van der Waals surface area contributed by atoms with Crippen molar-refractivity contribution in [1.82, 2.24) is 30.1 Å². The third-order valence-electron chi connectivity index (χ3n) is 4.37. The van der Waals surface area contributed by atoms with Crippen molar-refractivity contribution in [2.24, 2.45) is 0 Å². The molecule has 0 aliphatic rings. The van der Waals surface area contributed by atoms with E-state index in [1.807, 2.05) is 30.5 Å². The fraction of sp³-hybridized carbons (Fsp3) is 0.0526. The van der Waals surface area contributed by atoms with Gasteiger partial charge in [-0.2, -0.15) is 5.10 Å². The Bertz CT molecular complexity index is 1210. The Morgan fingerprint density at radius 2 is 1.92 bits per heavy atom. The maximum Gasteiger partial charge on any atom is 0.137 e. The Balaban J connectivity index is 1.67. The Hall–Kier alpha value is -3.74. The molecular weight excluding hydrogens is 328 g/mol. The summed E-state index contributed by atoms with van der Waals surface area (Å²) < 4.78 is 5.26. The summed E-state index contributed by atoms with van der Waals surface area (Å²) in [6.07, 6.45) is 8.82. The molecule has 5 aromatic heterocycles. The van der Waals surface area contributed by atoms with E-state index in [9.17, 15) is 0 Å². The van der Waals surface area contributed by atoms with Gasteiger partial charge in [0.15, 0.2) is 0 Å². The molecule has 0 saturated carbocycles. The number of methoxy groups -OCH3 is 1. The van der Waals surface area contributed by atoms with E-state index in [-0.39, 0.29) is 0 Å². The molecule has 0 fully saturated rings. The van der Waals surface area contributed by atoms with Gasteiger partial charge in [0.2, 0.25) is 0 Å². The molecule has 0 unspecified atom stereocenters. The first kappa shape index (κ1) is 14.6. The standard InChI is InChI=1S/C19H14N6O/c1-26-13-4-11(8-21-9-13)16-6-14-18(10-22-16)24-25-19(14)17-5-12-7-20-3-2-15(12)23-17/h2-10,23H,1H3,(H,24,25). The highest BCUT2D eigenvalue weighted by Gasteiger charge is 2.13. The number of nitrogens with zero attached hydrogens (tertiary/aromatic N) is 4. The Morgan fingerprint density at radius 1 is 0.962 bits per heavy atom. The Labute approximate surface area is 148 Å². The predicted octanol–water partition coefficient (Wildman–Crippen LogP) is 3.57. The number of H-pyrrole nitrogens is 2. The van der Waals surface area contributed by atoms with Crippen LogP contribution in [0.4, 0.5) is 0 Å². The van der Waals surface area contributed by atoms with Gasteiger partial charge in [0.05, 0.1) is 36.4 Å². The maximum atomic E-state index is 5.26. The van der Waals surface area contributed by atoms with Crippen molar-refractivity contribution in [3.05, 3.63) is 55.2 Å². The number of aromatic amines is 2. The first-order valence-electron chi connectivity index (χ1n) is 8.08. The lowest BCUT2D eigenvalue weighted by molar-refractivity contribution is 0.413. The van der Waals surface area contributed by atoms with Crippen LogP contribution in [0, 0.1) is 0 Å². The van der Waals surface area contributed by atoms with Crippen molar-refractivity contribution in [2.45, 2.75) is 0 Å². The lowest BCUT2D eigenvalue weighted by atomic mass is 10.1. The number of aromatic nitrogens is 6. The SMILES string of the molecule is COc1cncc(-c2cc3c(-c4cc5cnccc5[nH]4)n[nH]c3cn2)c1. The minimum absolute atomic E-state index is 0.694.